The van der Waals surface area contributed by atoms with Gasteiger partial charge in [-0.05, 0) is 61.2 Å². The maximum absolute atomic E-state index is 14.6. The molecule has 0 bridgehead atoms. The van der Waals surface area contributed by atoms with Gasteiger partial charge in [0.05, 0.1) is 17.3 Å². The lowest BCUT2D eigenvalue weighted by Gasteiger charge is -2.13. The Morgan fingerprint density at radius 2 is 2.17 bits per heavy atom. The second kappa shape index (κ2) is 5.81. The Morgan fingerprint density at radius 1 is 1.39 bits per heavy atom. The highest BCUT2D eigenvalue weighted by Gasteiger charge is 2.25. The van der Waals surface area contributed by atoms with E-state index in [2.05, 4.69) is 17.6 Å². The molecule has 1 aromatic heterocycles. The van der Waals surface area contributed by atoms with Crippen LogP contribution in [0.25, 0.3) is 11.6 Å². The van der Waals surface area contributed by atoms with E-state index in [9.17, 15) is 9.65 Å². The molecular weight excluding hydrogens is 287 g/mol. The highest BCUT2D eigenvalue weighted by Crippen LogP contribution is 2.38. The third kappa shape index (κ3) is 2.57. The summed E-state index contributed by atoms with van der Waals surface area (Å²) < 4.78 is 14.6. The van der Waals surface area contributed by atoms with Gasteiger partial charge in [0.25, 0.3) is 0 Å². The van der Waals surface area contributed by atoms with Crippen LogP contribution in [0.5, 0.6) is 0 Å². The molecule has 114 valence electrons. The molecule has 0 fully saturated rings. The summed E-state index contributed by atoms with van der Waals surface area (Å²) in [5.74, 6) is -0.333. The van der Waals surface area contributed by atoms with Crippen LogP contribution in [0.3, 0.4) is 0 Å². The predicted octanol–water partition coefficient (Wildman–Crippen LogP) is 4.68. The van der Waals surface area contributed by atoms with Crippen LogP contribution in [0.4, 0.5) is 4.39 Å². The van der Waals surface area contributed by atoms with Crippen LogP contribution in [0.15, 0.2) is 36.4 Å². The third-order valence-corrected chi connectivity index (χ3v) is 4.46. The summed E-state index contributed by atoms with van der Waals surface area (Å²) >= 11 is 0. The van der Waals surface area contributed by atoms with Crippen LogP contribution < -0.4 is 0 Å². The number of nitriles is 1. The van der Waals surface area contributed by atoms with Gasteiger partial charge in [0.2, 0.25) is 0 Å². The zero-order chi connectivity index (χ0) is 16.6. The number of fused-ring (bicyclic) bond motifs is 1. The number of rotatable bonds is 3. The first-order valence-corrected chi connectivity index (χ1v) is 7.54. The van der Waals surface area contributed by atoms with Crippen molar-refractivity contribution < 1.29 is 4.39 Å². The fourth-order valence-corrected chi connectivity index (χ4v) is 3.15. The maximum Gasteiger partial charge on any atom is 0.128 e. The minimum Gasteiger partial charge on any atom is -0.253 e. The molecule has 3 heteroatoms. The Kier molecular flexibility index (Phi) is 3.83. The molecule has 1 aliphatic carbocycles. The lowest BCUT2D eigenvalue weighted by molar-refractivity contribution is 0.611. The highest BCUT2D eigenvalue weighted by molar-refractivity contribution is 5.79. The zero-order valence-electron chi connectivity index (χ0n) is 13.3. The fraction of sp³-hybridized carbons (Fsp3) is 0.200. The minimum atomic E-state index is -0.333. The maximum atomic E-state index is 14.6. The van der Waals surface area contributed by atoms with Crippen LogP contribution in [0, 0.1) is 17.1 Å². The first-order chi connectivity index (χ1) is 11.0. The van der Waals surface area contributed by atoms with Gasteiger partial charge in [-0.15, -0.1) is 0 Å². The van der Waals surface area contributed by atoms with Crippen LogP contribution in [0.2, 0.25) is 0 Å². The molecule has 2 nitrogen and oxygen atoms in total. The largest absolute Gasteiger partial charge is 0.253 e. The second-order valence-corrected chi connectivity index (χ2v) is 5.87. The Labute approximate surface area is 135 Å². The standard InChI is InChI=1S/C20H17FN2/c1-4-15-6-5-7-16(23-15)10-18-19(21)9-14(11-22)17-8-12(2)13(3)20(17)18/h4-7,9H,1,8,10H2,2-3H3. The molecular formula is C20H17FN2. The Hall–Kier alpha value is -2.73. The van der Waals surface area contributed by atoms with Gasteiger partial charge in [-0.2, -0.15) is 5.26 Å². The average Bonchev–Trinajstić information content (AvgIpc) is 2.85. The Morgan fingerprint density at radius 3 is 2.87 bits per heavy atom. The van der Waals surface area contributed by atoms with Gasteiger partial charge in [0.1, 0.15) is 5.82 Å². The van der Waals surface area contributed by atoms with E-state index in [-0.39, 0.29) is 5.82 Å². The summed E-state index contributed by atoms with van der Waals surface area (Å²) in [6.45, 7) is 7.75. The number of hydrogen-bond acceptors (Lipinski definition) is 2. The quantitative estimate of drug-likeness (QED) is 0.826. The normalized spacial score (nSPS) is 13.0. The Bertz CT molecular complexity index is 885. The third-order valence-electron chi connectivity index (χ3n) is 4.46. The lowest BCUT2D eigenvalue weighted by Crippen LogP contribution is -2.04. The van der Waals surface area contributed by atoms with Crippen molar-refractivity contribution in [2.24, 2.45) is 0 Å². The van der Waals surface area contributed by atoms with Crippen LogP contribution >= 0.6 is 0 Å². The predicted molar refractivity (Wildman–Crippen MR) is 90.2 cm³/mol. The first kappa shape index (κ1) is 15.2. The number of allylic oxidation sites excluding steroid dienone is 2. The van der Waals surface area contributed by atoms with E-state index >= 15 is 0 Å². The molecule has 1 heterocycles. The van der Waals surface area contributed by atoms with Gasteiger partial charge in [0, 0.05) is 17.7 Å². The number of halogens is 1. The summed E-state index contributed by atoms with van der Waals surface area (Å²) in [6, 6.07) is 9.13. The smallest absolute Gasteiger partial charge is 0.128 e. The fourth-order valence-electron chi connectivity index (χ4n) is 3.15. The number of pyridine rings is 1. The van der Waals surface area contributed by atoms with E-state index < -0.39 is 0 Å². The zero-order valence-corrected chi connectivity index (χ0v) is 13.3. The van der Waals surface area contributed by atoms with Crippen molar-refractivity contribution in [3.63, 3.8) is 0 Å². The summed E-state index contributed by atoms with van der Waals surface area (Å²) in [7, 11) is 0. The molecule has 0 saturated heterocycles. The summed E-state index contributed by atoms with van der Waals surface area (Å²) in [6.07, 6.45) is 2.81. The summed E-state index contributed by atoms with van der Waals surface area (Å²) in [5.41, 5.74) is 6.74. The number of hydrogen-bond donors (Lipinski definition) is 0. The monoisotopic (exact) mass is 304 g/mol. The SMILES string of the molecule is C=Cc1cccc(Cc2c(F)cc(C#N)c3c2C(C)=C(C)C3)n1. The topological polar surface area (TPSA) is 36.7 Å². The van der Waals surface area contributed by atoms with Gasteiger partial charge < -0.3 is 0 Å². The second-order valence-electron chi connectivity index (χ2n) is 5.87. The van der Waals surface area contributed by atoms with Crippen molar-refractivity contribution in [2.75, 3.05) is 0 Å². The molecule has 0 N–H and O–H groups in total. The molecule has 3 rings (SSSR count). The van der Waals surface area contributed by atoms with E-state index in [0.29, 0.717) is 17.5 Å². The van der Waals surface area contributed by atoms with Gasteiger partial charge in [0.15, 0.2) is 0 Å². The highest BCUT2D eigenvalue weighted by atomic mass is 19.1. The van der Waals surface area contributed by atoms with Crippen molar-refractivity contribution in [1.82, 2.24) is 4.98 Å². The van der Waals surface area contributed by atoms with Gasteiger partial charge >= 0.3 is 0 Å². The van der Waals surface area contributed by atoms with Crippen LogP contribution in [-0.2, 0) is 12.8 Å². The van der Waals surface area contributed by atoms with Gasteiger partial charge in [-0.25, -0.2) is 4.39 Å². The van der Waals surface area contributed by atoms with Crippen molar-refractivity contribution in [1.29, 1.82) is 5.26 Å². The van der Waals surface area contributed by atoms with E-state index in [1.807, 2.05) is 32.0 Å². The molecule has 0 amide bonds. The molecule has 23 heavy (non-hydrogen) atoms. The molecule has 0 aliphatic heterocycles. The molecule has 0 atom stereocenters. The van der Waals surface area contributed by atoms with E-state index in [0.717, 1.165) is 34.5 Å². The molecule has 1 aromatic carbocycles. The number of nitrogens with zero attached hydrogens (tertiary/aromatic N) is 2. The number of benzene rings is 1. The van der Waals surface area contributed by atoms with Crippen molar-refractivity contribution >= 4 is 11.6 Å². The lowest BCUT2D eigenvalue weighted by atomic mass is 9.92. The van der Waals surface area contributed by atoms with E-state index in [1.54, 1.807) is 6.08 Å². The molecule has 2 aromatic rings. The van der Waals surface area contributed by atoms with Gasteiger partial charge in [-0.1, -0.05) is 18.2 Å². The molecule has 0 saturated carbocycles. The van der Waals surface area contributed by atoms with Crippen LogP contribution in [-0.4, -0.2) is 4.98 Å². The molecule has 1 aliphatic rings. The average molecular weight is 304 g/mol. The molecule has 0 unspecified atom stereocenters. The van der Waals surface area contributed by atoms with Crippen molar-refractivity contribution in [3.8, 4) is 6.07 Å². The Balaban J connectivity index is 2.15. The van der Waals surface area contributed by atoms with Crippen molar-refractivity contribution in [3.05, 3.63) is 75.9 Å². The van der Waals surface area contributed by atoms with Crippen molar-refractivity contribution in [2.45, 2.75) is 26.7 Å². The first-order valence-electron chi connectivity index (χ1n) is 7.54. The van der Waals surface area contributed by atoms with Crippen LogP contribution in [0.1, 0.15) is 47.5 Å². The summed E-state index contributed by atoms with van der Waals surface area (Å²) in [4.78, 5) is 4.47. The minimum absolute atomic E-state index is 0.333. The molecule has 0 radical (unpaired) electrons. The van der Waals surface area contributed by atoms with E-state index in [4.69, 9.17) is 0 Å². The van der Waals surface area contributed by atoms with Gasteiger partial charge in [-0.3, -0.25) is 4.98 Å². The summed E-state index contributed by atoms with van der Waals surface area (Å²) in [5, 5.41) is 9.29. The number of aromatic nitrogens is 1. The van der Waals surface area contributed by atoms with E-state index in [1.165, 1.54) is 11.6 Å². The molecule has 0 spiro atoms.